The fourth-order valence-corrected chi connectivity index (χ4v) is 3.22. The molecule has 0 spiro atoms. The van der Waals surface area contributed by atoms with Gasteiger partial charge in [0.1, 0.15) is 6.42 Å². The van der Waals surface area contributed by atoms with Gasteiger partial charge in [0.15, 0.2) is 5.78 Å². The maximum atomic E-state index is 12.3. The fraction of sp³-hybridized carbons (Fsp3) is 0.600. The average Bonchev–Trinajstić information content (AvgIpc) is 2.72. The molecule has 0 heterocycles. The van der Waals surface area contributed by atoms with E-state index >= 15 is 0 Å². The first-order valence-electron chi connectivity index (χ1n) is 11.4. The SMILES string of the molecule is CCCCCCCCCC=CCCCNc1ccccc1C(=O)CC(=O)OCC. The number of benzene rings is 1. The van der Waals surface area contributed by atoms with Crippen molar-refractivity contribution < 1.29 is 14.3 Å². The average molecular weight is 402 g/mol. The van der Waals surface area contributed by atoms with E-state index in [1.165, 1.54) is 51.4 Å². The maximum Gasteiger partial charge on any atom is 0.313 e. The Bertz CT molecular complexity index is 610. The van der Waals surface area contributed by atoms with Gasteiger partial charge in [0.2, 0.25) is 0 Å². The molecule has 0 unspecified atom stereocenters. The first kappa shape index (κ1) is 24.9. The molecule has 1 rings (SSSR count). The summed E-state index contributed by atoms with van der Waals surface area (Å²) in [5, 5.41) is 3.33. The summed E-state index contributed by atoms with van der Waals surface area (Å²) >= 11 is 0. The number of anilines is 1. The van der Waals surface area contributed by atoms with Crippen LogP contribution in [0.2, 0.25) is 0 Å². The van der Waals surface area contributed by atoms with Crippen LogP contribution in [0.3, 0.4) is 0 Å². The van der Waals surface area contributed by atoms with Crippen LogP contribution in [0.15, 0.2) is 36.4 Å². The predicted molar refractivity (Wildman–Crippen MR) is 121 cm³/mol. The van der Waals surface area contributed by atoms with Gasteiger partial charge in [-0.05, 0) is 44.7 Å². The number of allylic oxidation sites excluding steroid dienone is 2. The third kappa shape index (κ3) is 12.1. The van der Waals surface area contributed by atoms with Crippen LogP contribution in [0.4, 0.5) is 5.69 Å². The van der Waals surface area contributed by atoms with Gasteiger partial charge in [-0.1, -0.05) is 69.7 Å². The number of esters is 1. The quantitative estimate of drug-likeness (QED) is 0.104. The predicted octanol–water partition coefficient (Wildman–Crippen LogP) is 6.71. The number of para-hydroxylation sites is 1. The summed E-state index contributed by atoms with van der Waals surface area (Å²) in [6.07, 6.45) is 17.0. The van der Waals surface area contributed by atoms with Crippen molar-refractivity contribution >= 4 is 17.4 Å². The maximum absolute atomic E-state index is 12.3. The molecule has 0 saturated heterocycles. The Morgan fingerprint density at radius 2 is 1.55 bits per heavy atom. The summed E-state index contributed by atoms with van der Waals surface area (Å²) in [4.78, 5) is 23.9. The van der Waals surface area contributed by atoms with Crippen molar-refractivity contribution in [3.05, 3.63) is 42.0 Å². The normalized spacial score (nSPS) is 11.0. The highest BCUT2D eigenvalue weighted by molar-refractivity contribution is 6.09. The Morgan fingerprint density at radius 3 is 2.28 bits per heavy atom. The van der Waals surface area contributed by atoms with Gasteiger partial charge in [-0.2, -0.15) is 0 Å². The Balaban J connectivity index is 2.20. The molecule has 1 aromatic rings. The minimum Gasteiger partial charge on any atom is -0.466 e. The number of ketones is 1. The number of unbranched alkanes of at least 4 members (excludes halogenated alkanes) is 8. The Labute approximate surface area is 177 Å². The van der Waals surface area contributed by atoms with E-state index in [4.69, 9.17) is 4.74 Å². The van der Waals surface area contributed by atoms with Crippen LogP contribution in [-0.2, 0) is 9.53 Å². The van der Waals surface area contributed by atoms with Crippen LogP contribution in [0.5, 0.6) is 0 Å². The second-order valence-electron chi connectivity index (χ2n) is 7.40. The van der Waals surface area contributed by atoms with E-state index < -0.39 is 5.97 Å². The van der Waals surface area contributed by atoms with Crippen LogP contribution in [0.1, 0.15) is 94.8 Å². The van der Waals surface area contributed by atoms with E-state index in [-0.39, 0.29) is 12.2 Å². The molecule has 4 heteroatoms. The Hall–Kier alpha value is -2.10. The van der Waals surface area contributed by atoms with Crippen molar-refractivity contribution in [1.82, 2.24) is 0 Å². The molecule has 1 N–H and O–H groups in total. The summed E-state index contributed by atoms with van der Waals surface area (Å²) in [5.41, 5.74) is 1.34. The topological polar surface area (TPSA) is 55.4 Å². The number of Topliss-reactive ketones (excluding diaryl/α,β-unsaturated/α-hetero) is 1. The molecule has 0 amide bonds. The monoisotopic (exact) mass is 401 g/mol. The van der Waals surface area contributed by atoms with E-state index in [0.29, 0.717) is 12.2 Å². The fourth-order valence-electron chi connectivity index (χ4n) is 3.22. The van der Waals surface area contributed by atoms with Gasteiger partial charge in [-0.15, -0.1) is 0 Å². The second-order valence-corrected chi connectivity index (χ2v) is 7.40. The molecule has 0 aromatic heterocycles. The van der Waals surface area contributed by atoms with Crippen LogP contribution in [0, 0.1) is 0 Å². The third-order valence-corrected chi connectivity index (χ3v) is 4.84. The van der Waals surface area contributed by atoms with Gasteiger partial charge >= 0.3 is 5.97 Å². The first-order valence-corrected chi connectivity index (χ1v) is 11.4. The minimum atomic E-state index is -0.474. The van der Waals surface area contributed by atoms with Gasteiger partial charge in [0, 0.05) is 17.8 Å². The first-order chi connectivity index (χ1) is 14.2. The molecule has 0 aliphatic rings. The molecule has 29 heavy (non-hydrogen) atoms. The minimum absolute atomic E-state index is 0.207. The van der Waals surface area contributed by atoms with Crippen molar-refractivity contribution in [2.24, 2.45) is 0 Å². The molecule has 0 saturated carbocycles. The number of carbonyl (C=O) groups is 2. The molecule has 162 valence electrons. The number of carbonyl (C=O) groups excluding carboxylic acids is 2. The van der Waals surface area contributed by atoms with Crippen molar-refractivity contribution in [2.45, 2.75) is 84.5 Å². The lowest BCUT2D eigenvalue weighted by atomic mass is 10.1. The van der Waals surface area contributed by atoms with E-state index in [2.05, 4.69) is 24.4 Å². The standard InChI is InChI=1S/C25H39NO3/c1-3-5-6-7-8-9-10-11-12-13-14-17-20-26-23-19-16-15-18-22(23)24(27)21-25(28)29-4-2/h12-13,15-16,18-19,26H,3-11,14,17,20-21H2,1-2H3. The lowest BCUT2D eigenvalue weighted by molar-refractivity contribution is -0.141. The summed E-state index contributed by atoms with van der Waals surface area (Å²) in [7, 11) is 0. The zero-order valence-corrected chi connectivity index (χ0v) is 18.4. The van der Waals surface area contributed by atoms with Crippen molar-refractivity contribution in [2.75, 3.05) is 18.5 Å². The van der Waals surface area contributed by atoms with Gasteiger partial charge in [0.25, 0.3) is 0 Å². The summed E-state index contributed by atoms with van der Waals surface area (Å²) in [6, 6.07) is 7.35. The molecule has 0 bridgehead atoms. The molecule has 0 fully saturated rings. The van der Waals surface area contributed by atoms with Gasteiger partial charge in [-0.3, -0.25) is 9.59 Å². The van der Waals surface area contributed by atoms with Crippen molar-refractivity contribution in [3.63, 3.8) is 0 Å². The summed E-state index contributed by atoms with van der Waals surface area (Å²) in [6.45, 7) is 5.08. The van der Waals surface area contributed by atoms with Gasteiger partial charge in [-0.25, -0.2) is 0 Å². The van der Waals surface area contributed by atoms with E-state index in [1.54, 1.807) is 13.0 Å². The lowest BCUT2D eigenvalue weighted by Gasteiger charge is -2.10. The van der Waals surface area contributed by atoms with E-state index in [0.717, 1.165) is 25.1 Å². The van der Waals surface area contributed by atoms with Crippen molar-refractivity contribution in [3.8, 4) is 0 Å². The third-order valence-electron chi connectivity index (χ3n) is 4.84. The molecular formula is C25H39NO3. The number of hydrogen-bond donors (Lipinski definition) is 1. The number of nitrogens with one attached hydrogen (secondary N) is 1. The number of ether oxygens (including phenoxy) is 1. The van der Waals surface area contributed by atoms with E-state index in [9.17, 15) is 9.59 Å². The number of rotatable bonds is 17. The molecule has 0 atom stereocenters. The largest absolute Gasteiger partial charge is 0.466 e. The lowest BCUT2D eigenvalue weighted by Crippen LogP contribution is -2.13. The molecule has 0 aliphatic carbocycles. The van der Waals surface area contributed by atoms with Gasteiger partial charge < -0.3 is 10.1 Å². The van der Waals surface area contributed by atoms with Crippen LogP contribution >= 0.6 is 0 Å². The second kappa shape index (κ2) is 16.8. The van der Waals surface area contributed by atoms with Crippen LogP contribution in [-0.4, -0.2) is 24.9 Å². The van der Waals surface area contributed by atoms with Gasteiger partial charge in [0.05, 0.1) is 6.61 Å². The molecular weight excluding hydrogens is 362 g/mol. The molecule has 4 nitrogen and oxygen atoms in total. The molecule has 1 aromatic carbocycles. The molecule has 0 radical (unpaired) electrons. The highest BCUT2D eigenvalue weighted by Crippen LogP contribution is 2.17. The Kier molecular flexibility index (Phi) is 14.5. The highest BCUT2D eigenvalue weighted by Gasteiger charge is 2.15. The highest BCUT2D eigenvalue weighted by atomic mass is 16.5. The van der Waals surface area contributed by atoms with Crippen LogP contribution < -0.4 is 5.32 Å². The summed E-state index contributed by atoms with van der Waals surface area (Å²) < 4.78 is 4.87. The Morgan fingerprint density at radius 1 is 0.897 bits per heavy atom. The summed E-state index contributed by atoms with van der Waals surface area (Å²) in [5.74, 6) is -0.681. The zero-order chi connectivity index (χ0) is 21.2. The van der Waals surface area contributed by atoms with Crippen LogP contribution in [0.25, 0.3) is 0 Å². The molecule has 0 aliphatic heterocycles. The van der Waals surface area contributed by atoms with E-state index in [1.807, 2.05) is 18.2 Å². The zero-order valence-electron chi connectivity index (χ0n) is 18.4. The number of hydrogen-bond acceptors (Lipinski definition) is 4. The smallest absolute Gasteiger partial charge is 0.313 e. The van der Waals surface area contributed by atoms with Crippen molar-refractivity contribution in [1.29, 1.82) is 0 Å².